The summed E-state index contributed by atoms with van der Waals surface area (Å²) >= 11 is 0. The van der Waals surface area contributed by atoms with Crippen LogP contribution in [0.5, 0.6) is 0 Å². The van der Waals surface area contributed by atoms with Crippen LogP contribution in [-0.4, -0.2) is 4.57 Å². The van der Waals surface area contributed by atoms with Crippen LogP contribution in [0.15, 0.2) is 71.8 Å². The van der Waals surface area contributed by atoms with Crippen molar-refractivity contribution >= 4 is 0 Å². The summed E-state index contributed by atoms with van der Waals surface area (Å²) in [7, 11) is 0. The van der Waals surface area contributed by atoms with Crippen LogP contribution < -0.4 is 5.43 Å². The Kier molecular flexibility index (Phi) is 4.53. The maximum Gasteiger partial charge on any atom is 0.181 e. The number of nitrogens with zero attached hydrogens (tertiary/aromatic N) is 1. The first-order valence-corrected chi connectivity index (χ1v) is 6.19. The van der Waals surface area contributed by atoms with Crippen molar-refractivity contribution < 1.29 is 0 Å². The van der Waals surface area contributed by atoms with Gasteiger partial charge in [0.05, 0.1) is 0 Å². The van der Waals surface area contributed by atoms with E-state index in [-0.39, 0.29) is 5.43 Å². The Bertz CT molecular complexity index is 534. The predicted molar refractivity (Wildman–Crippen MR) is 74.6 cm³/mol. The molecule has 1 aromatic carbocycles. The van der Waals surface area contributed by atoms with Gasteiger partial charge in [-0.25, -0.2) is 0 Å². The smallest absolute Gasteiger partial charge is 0.181 e. The zero-order valence-corrected chi connectivity index (χ0v) is 10.3. The minimum atomic E-state index is 0.0549. The third-order valence-electron chi connectivity index (χ3n) is 2.79. The molecule has 0 unspecified atom stereocenters. The fourth-order valence-corrected chi connectivity index (χ4v) is 1.77. The van der Waals surface area contributed by atoms with Crippen LogP contribution in [0.2, 0.25) is 0 Å². The maximum absolute atomic E-state index is 10.9. The molecule has 0 aliphatic rings. The van der Waals surface area contributed by atoms with E-state index in [1.807, 2.05) is 23.0 Å². The molecule has 92 valence electrons. The highest BCUT2D eigenvalue weighted by atomic mass is 16.1. The number of aryl methyl sites for hydroxylation is 1. The summed E-state index contributed by atoms with van der Waals surface area (Å²) in [5.74, 6) is 0. The summed E-state index contributed by atoms with van der Waals surface area (Å²) in [6, 6.07) is 13.6. The van der Waals surface area contributed by atoms with E-state index < -0.39 is 0 Å². The normalized spacial score (nSPS) is 10.9. The molecule has 18 heavy (non-hydrogen) atoms. The molecule has 0 fully saturated rings. The van der Waals surface area contributed by atoms with Gasteiger partial charge in [-0.05, 0) is 18.4 Å². The van der Waals surface area contributed by atoms with Crippen molar-refractivity contribution in [3.63, 3.8) is 0 Å². The highest BCUT2D eigenvalue weighted by Gasteiger charge is 1.88. The lowest BCUT2D eigenvalue weighted by molar-refractivity contribution is 0.805. The Morgan fingerprint density at radius 2 is 1.67 bits per heavy atom. The van der Waals surface area contributed by atoms with E-state index in [9.17, 15) is 4.79 Å². The molecule has 0 spiro atoms. The van der Waals surface area contributed by atoms with E-state index >= 15 is 0 Å². The molecule has 2 rings (SSSR count). The van der Waals surface area contributed by atoms with E-state index in [4.69, 9.17) is 0 Å². The second kappa shape index (κ2) is 6.60. The maximum atomic E-state index is 10.9. The van der Waals surface area contributed by atoms with Gasteiger partial charge in [-0.2, -0.15) is 0 Å². The van der Waals surface area contributed by atoms with Gasteiger partial charge in [0, 0.05) is 31.1 Å². The molecule has 2 aromatic rings. The SMILES string of the molecule is O=c1ccn(C/C=C/CCc2ccccc2)cc1. The molecule has 1 aromatic heterocycles. The van der Waals surface area contributed by atoms with Gasteiger partial charge in [0.1, 0.15) is 0 Å². The third-order valence-corrected chi connectivity index (χ3v) is 2.79. The topological polar surface area (TPSA) is 22.0 Å². The molecule has 0 N–H and O–H groups in total. The van der Waals surface area contributed by atoms with Crippen LogP contribution in [-0.2, 0) is 13.0 Å². The van der Waals surface area contributed by atoms with E-state index in [2.05, 4.69) is 36.4 Å². The largest absolute Gasteiger partial charge is 0.350 e. The van der Waals surface area contributed by atoms with Crippen LogP contribution in [0.4, 0.5) is 0 Å². The van der Waals surface area contributed by atoms with Crippen molar-refractivity contribution in [3.8, 4) is 0 Å². The molecule has 0 radical (unpaired) electrons. The second-order valence-corrected chi connectivity index (χ2v) is 4.23. The Balaban J connectivity index is 1.75. The molecule has 2 nitrogen and oxygen atoms in total. The van der Waals surface area contributed by atoms with Crippen molar-refractivity contribution in [3.05, 3.63) is 82.8 Å². The van der Waals surface area contributed by atoms with Gasteiger partial charge in [-0.3, -0.25) is 4.79 Å². The molecule has 1 heterocycles. The third kappa shape index (κ3) is 4.06. The van der Waals surface area contributed by atoms with Crippen LogP contribution in [0.25, 0.3) is 0 Å². The number of hydrogen-bond donors (Lipinski definition) is 0. The van der Waals surface area contributed by atoms with Gasteiger partial charge in [0.25, 0.3) is 0 Å². The second-order valence-electron chi connectivity index (χ2n) is 4.23. The molecule has 0 aliphatic carbocycles. The Morgan fingerprint density at radius 1 is 0.944 bits per heavy atom. The van der Waals surface area contributed by atoms with E-state index in [0.717, 1.165) is 19.4 Å². The molecule has 0 aliphatic heterocycles. The van der Waals surface area contributed by atoms with Gasteiger partial charge in [0.15, 0.2) is 5.43 Å². The fourth-order valence-electron chi connectivity index (χ4n) is 1.77. The standard InChI is InChI=1S/C16H17NO/c18-16-10-13-17(14-11-16)12-6-2-5-9-15-7-3-1-4-8-15/h1-4,6-8,10-11,13-14H,5,9,12H2/b6-2+. The van der Waals surface area contributed by atoms with Crippen molar-refractivity contribution in [1.82, 2.24) is 4.57 Å². The lowest BCUT2D eigenvalue weighted by Crippen LogP contribution is -2.02. The Labute approximate surface area is 107 Å². The van der Waals surface area contributed by atoms with Gasteiger partial charge in [0.2, 0.25) is 0 Å². The van der Waals surface area contributed by atoms with Gasteiger partial charge < -0.3 is 4.57 Å². The average Bonchev–Trinajstić information content (AvgIpc) is 2.42. The summed E-state index contributed by atoms with van der Waals surface area (Å²) in [6.07, 6.45) is 10.1. The summed E-state index contributed by atoms with van der Waals surface area (Å²) in [5.41, 5.74) is 1.42. The number of benzene rings is 1. The van der Waals surface area contributed by atoms with Gasteiger partial charge in [-0.15, -0.1) is 0 Å². The predicted octanol–water partition coefficient (Wildman–Crippen LogP) is 3.04. The summed E-state index contributed by atoms with van der Waals surface area (Å²) in [4.78, 5) is 10.9. The van der Waals surface area contributed by atoms with Crippen molar-refractivity contribution in [2.75, 3.05) is 0 Å². The summed E-state index contributed by atoms with van der Waals surface area (Å²) in [5, 5.41) is 0. The molecule has 0 atom stereocenters. The highest BCUT2D eigenvalue weighted by molar-refractivity contribution is 5.15. The van der Waals surface area contributed by atoms with E-state index in [1.54, 1.807) is 12.1 Å². The molecular formula is C16H17NO. The minimum Gasteiger partial charge on any atom is -0.350 e. The Morgan fingerprint density at radius 3 is 2.39 bits per heavy atom. The first-order valence-electron chi connectivity index (χ1n) is 6.19. The number of rotatable bonds is 5. The quantitative estimate of drug-likeness (QED) is 0.735. The van der Waals surface area contributed by atoms with E-state index in [0.29, 0.717) is 0 Å². The zero-order chi connectivity index (χ0) is 12.6. The van der Waals surface area contributed by atoms with Crippen LogP contribution in [0.3, 0.4) is 0 Å². The number of hydrogen-bond acceptors (Lipinski definition) is 1. The van der Waals surface area contributed by atoms with E-state index in [1.165, 1.54) is 5.56 Å². The fraction of sp³-hybridized carbons (Fsp3) is 0.188. The molecule has 0 bridgehead atoms. The van der Waals surface area contributed by atoms with Crippen molar-refractivity contribution in [1.29, 1.82) is 0 Å². The molecule has 2 heteroatoms. The average molecular weight is 239 g/mol. The molecular weight excluding hydrogens is 222 g/mol. The number of allylic oxidation sites excluding steroid dienone is 2. The number of aromatic nitrogens is 1. The molecule has 0 amide bonds. The van der Waals surface area contributed by atoms with Gasteiger partial charge in [-0.1, -0.05) is 42.5 Å². The lowest BCUT2D eigenvalue weighted by atomic mass is 10.1. The lowest BCUT2D eigenvalue weighted by Gasteiger charge is -2.00. The first kappa shape index (κ1) is 12.4. The summed E-state index contributed by atoms with van der Waals surface area (Å²) < 4.78 is 1.99. The minimum absolute atomic E-state index is 0.0549. The monoisotopic (exact) mass is 239 g/mol. The van der Waals surface area contributed by atoms with Gasteiger partial charge >= 0.3 is 0 Å². The zero-order valence-electron chi connectivity index (χ0n) is 10.3. The highest BCUT2D eigenvalue weighted by Crippen LogP contribution is 2.02. The molecule has 0 saturated carbocycles. The van der Waals surface area contributed by atoms with Crippen molar-refractivity contribution in [2.24, 2.45) is 0 Å². The van der Waals surface area contributed by atoms with Crippen molar-refractivity contribution in [2.45, 2.75) is 19.4 Å². The number of pyridine rings is 1. The summed E-state index contributed by atoms with van der Waals surface area (Å²) in [6.45, 7) is 0.815. The van der Waals surface area contributed by atoms with Crippen LogP contribution >= 0.6 is 0 Å². The first-order chi connectivity index (χ1) is 8.84. The Hall–Kier alpha value is -2.09. The molecule has 0 saturated heterocycles. The van der Waals surface area contributed by atoms with Crippen LogP contribution in [0.1, 0.15) is 12.0 Å². The van der Waals surface area contributed by atoms with Crippen LogP contribution in [0, 0.1) is 0 Å².